The van der Waals surface area contributed by atoms with E-state index < -0.39 is 5.60 Å². The normalized spacial score (nSPS) is 17.3. The molecule has 1 aromatic heterocycles. The number of halogens is 1. The first kappa shape index (κ1) is 18.5. The van der Waals surface area contributed by atoms with Gasteiger partial charge in [0, 0.05) is 12.7 Å². The topological polar surface area (TPSA) is 51.7 Å². The summed E-state index contributed by atoms with van der Waals surface area (Å²) in [5, 5.41) is 0. The van der Waals surface area contributed by atoms with Crippen molar-refractivity contribution in [2.45, 2.75) is 58.1 Å². The monoisotopic (exact) mass is 338 g/mol. The van der Waals surface area contributed by atoms with Crippen LogP contribution >= 0.6 is 0 Å². The summed E-state index contributed by atoms with van der Waals surface area (Å²) < 4.78 is 23.3. The van der Waals surface area contributed by atoms with Crippen molar-refractivity contribution in [3.8, 4) is 5.75 Å². The lowest BCUT2D eigenvalue weighted by Crippen LogP contribution is -2.55. The van der Waals surface area contributed by atoms with Crippen LogP contribution in [0.2, 0.25) is 0 Å². The first-order valence-corrected chi connectivity index (χ1v) is 8.51. The second-order valence-corrected chi connectivity index (χ2v) is 7.10. The summed E-state index contributed by atoms with van der Waals surface area (Å²) in [7, 11) is 0. The Bertz CT molecular complexity index is 545. The van der Waals surface area contributed by atoms with Crippen molar-refractivity contribution < 1.29 is 18.7 Å². The molecule has 5 nitrogen and oxygen atoms in total. The SMILES string of the molecule is CC(C)(C)OC(=O)N1CCC1COc1cncc(CCCCF)c1. The number of carbonyl (C=O) groups is 1. The minimum Gasteiger partial charge on any atom is -0.490 e. The van der Waals surface area contributed by atoms with Crippen LogP contribution in [0.25, 0.3) is 0 Å². The van der Waals surface area contributed by atoms with Crippen molar-refractivity contribution in [1.82, 2.24) is 9.88 Å². The van der Waals surface area contributed by atoms with E-state index in [9.17, 15) is 9.18 Å². The lowest BCUT2D eigenvalue weighted by atomic mass is 10.1. The van der Waals surface area contributed by atoms with Gasteiger partial charge in [-0.15, -0.1) is 0 Å². The van der Waals surface area contributed by atoms with Crippen molar-refractivity contribution in [2.75, 3.05) is 19.8 Å². The van der Waals surface area contributed by atoms with E-state index in [0.717, 1.165) is 24.8 Å². The number of amides is 1. The minimum atomic E-state index is -0.490. The van der Waals surface area contributed by atoms with Crippen LogP contribution in [0.15, 0.2) is 18.5 Å². The maximum Gasteiger partial charge on any atom is 0.410 e. The average Bonchev–Trinajstić information content (AvgIpc) is 2.45. The molecule has 1 amide bonds. The fourth-order valence-electron chi connectivity index (χ4n) is 2.47. The van der Waals surface area contributed by atoms with E-state index in [-0.39, 0.29) is 18.8 Å². The van der Waals surface area contributed by atoms with Gasteiger partial charge in [0.1, 0.15) is 18.0 Å². The molecular weight excluding hydrogens is 311 g/mol. The third-order valence-corrected chi connectivity index (χ3v) is 3.83. The first-order chi connectivity index (χ1) is 11.4. The molecule has 0 N–H and O–H groups in total. The van der Waals surface area contributed by atoms with Gasteiger partial charge >= 0.3 is 6.09 Å². The van der Waals surface area contributed by atoms with Gasteiger partial charge in [-0.3, -0.25) is 9.37 Å². The zero-order chi connectivity index (χ0) is 17.6. The minimum absolute atomic E-state index is 0.0371. The Kier molecular flexibility index (Phi) is 6.40. The van der Waals surface area contributed by atoms with E-state index in [0.29, 0.717) is 25.3 Å². The van der Waals surface area contributed by atoms with Crippen molar-refractivity contribution in [1.29, 1.82) is 0 Å². The molecule has 1 aliphatic heterocycles. The van der Waals surface area contributed by atoms with Crippen molar-refractivity contribution in [3.05, 3.63) is 24.0 Å². The summed E-state index contributed by atoms with van der Waals surface area (Å²) in [6, 6.07) is 1.97. The van der Waals surface area contributed by atoms with Gasteiger partial charge in [0.05, 0.1) is 18.9 Å². The highest BCUT2D eigenvalue weighted by Crippen LogP contribution is 2.22. The van der Waals surface area contributed by atoms with E-state index in [1.807, 2.05) is 26.8 Å². The van der Waals surface area contributed by atoms with E-state index >= 15 is 0 Å². The van der Waals surface area contributed by atoms with Crippen LogP contribution in [0.1, 0.15) is 45.6 Å². The second-order valence-electron chi connectivity index (χ2n) is 7.10. The highest BCUT2D eigenvalue weighted by molar-refractivity contribution is 5.69. The summed E-state index contributed by atoms with van der Waals surface area (Å²) >= 11 is 0. The second kappa shape index (κ2) is 8.31. The standard InChI is InChI=1S/C18H27FN2O3/c1-18(2,3)24-17(22)21-9-7-15(21)13-23-16-10-14(11-20-12-16)6-4-5-8-19/h10-12,15H,4-9,13H2,1-3H3. The average molecular weight is 338 g/mol. The lowest BCUT2D eigenvalue weighted by Gasteiger charge is -2.40. The smallest absolute Gasteiger partial charge is 0.410 e. The number of nitrogens with zero attached hydrogens (tertiary/aromatic N) is 2. The summed E-state index contributed by atoms with van der Waals surface area (Å²) in [5.41, 5.74) is 0.550. The Morgan fingerprint density at radius 1 is 1.38 bits per heavy atom. The molecule has 24 heavy (non-hydrogen) atoms. The summed E-state index contributed by atoms with van der Waals surface area (Å²) in [6.07, 6.45) is 6.22. The third kappa shape index (κ3) is 5.65. The van der Waals surface area contributed by atoms with Gasteiger partial charge in [0.2, 0.25) is 0 Å². The van der Waals surface area contributed by atoms with Crippen LogP contribution in [0, 0.1) is 0 Å². The van der Waals surface area contributed by atoms with Gasteiger partial charge in [-0.25, -0.2) is 4.79 Å². The molecule has 134 valence electrons. The number of hydrogen-bond acceptors (Lipinski definition) is 4. The van der Waals surface area contributed by atoms with Gasteiger partial charge in [0.25, 0.3) is 0 Å². The largest absolute Gasteiger partial charge is 0.490 e. The van der Waals surface area contributed by atoms with Crippen LogP contribution in [-0.4, -0.2) is 47.4 Å². The number of hydrogen-bond donors (Lipinski definition) is 0. The molecule has 1 saturated heterocycles. The predicted molar refractivity (Wildman–Crippen MR) is 90.0 cm³/mol. The van der Waals surface area contributed by atoms with Crippen LogP contribution in [-0.2, 0) is 11.2 Å². The number of rotatable bonds is 7. The maximum absolute atomic E-state index is 12.2. The predicted octanol–water partition coefficient (Wildman–Crippen LogP) is 3.76. The van der Waals surface area contributed by atoms with E-state index in [1.165, 1.54) is 0 Å². The van der Waals surface area contributed by atoms with Crippen molar-refractivity contribution >= 4 is 6.09 Å². The summed E-state index contributed by atoms with van der Waals surface area (Å²) in [4.78, 5) is 17.9. The number of ether oxygens (including phenoxy) is 2. The molecule has 0 bridgehead atoms. The molecule has 1 atom stereocenters. The highest BCUT2D eigenvalue weighted by Gasteiger charge is 2.35. The molecular formula is C18H27FN2O3. The first-order valence-electron chi connectivity index (χ1n) is 8.51. The Balaban J connectivity index is 1.81. The number of likely N-dealkylation sites (tertiary alicyclic amines) is 1. The number of alkyl halides is 1. The molecule has 0 radical (unpaired) electrons. The van der Waals surface area contributed by atoms with Gasteiger partial charge in [-0.05, 0) is 58.1 Å². The third-order valence-electron chi connectivity index (χ3n) is 3.83. The van der Waals surface area contributed by atoms with E-state index in [1.54, 1.807) is 17.3 Å². The zero-order valence-electron chi connectivity index (χ0n) is 14.8. The van der Waals surface area contributed by atoms with Crippen LogP contribution in [0.3, 0.4) is 0 Å². The number of carbonyl (C=O) groups excluding carboxylic acids is 1. The molecule has 0 aromatic carbocycles. The Hall–Kier alpha value is -1.85. The lowest BCUT2D eigenvalue weighted by molar-refractivity contribution is -0.0141. The number of aromatic nitrogens is 1. The molecule has 2 rings (SSSR count). The molecule has 1 unspecified atom stereocenters. The number of pyridine rings is 1. The van der Waals surface area contributed by atoms with E-state index in [2.05, 4.69) is 4.98 Å². The highest BCUT2D eigenvalue weighted by atomic mass is 19.1. The quantitative estimate of drug-likeness (QED) is 0.710. The summed E-state index contributed by atoms with van der Waals surface area (Å²) in [5.74, 6) is 0.684. The molecule has 0 aliphatic carbocycles. The molecule has 1 fully saturated rings. The number of unbranched alkanes of at least 4 members (excludes halogenated alkanes) is 1. The molecule has 1 aliphatic rings. The number of aryl methyl sites for hydroxylation is 1. The molecule has 6 heteroatoms. The fourth-order valence-corrected chi connectivity index (χ4v) is 2.47. The Labute approximate surface area is 143 Å². The van der Waals surface area contributed by atoms with Crippen molar-refractivity contribution in [3.63, 3.8) is 0 Å². The van der Waals surface area contributed by atoms with Crippen LogP contribution in [0.4, 0.5) is 9.18 Å². The van der Waals surface area contributed by atoms with Gasteiger partial charge in [0.15, 0.2) is 0 Å². The maximum atomic E-state index is 12.2. The van der Waals surface area contributed by atoms with E-state index in [4.69, 9.17) is 9.47 Å². The summed E-state index contributed by atoms with van der Waals surface area (Å²) in [6.45, 7) is 6.41. The van der Waals surface area contributed by atoms with Crippen molar-refractivity contribution in [2.24, 2.45) is 0 Å². The molecule has 0 saturated carbocycles. The molecule has 1 aromatic rings. The van der Waals surface area contributed by atoms with Crippen LogP contribution < -0.4 is 4.74 Å². The Morgan fingerprint density at radius 2 is 2.17 bits per heavy atom. The van der Waals surface area contributed by atoms with Gasteiger partial charge < -0.3 is 14.4 Å². The van der Waals surface area contributed by atoms with Crippen LogP contribution in [0.5, 0.6) is 5.75 Å². The Morgan fingerprint density at radius 3 is 2.79 bits per heavy atom. The molecule has 0 spiro atoms. The van der Waals surface area contributed by atoms with Gasteiger partial charge in [-0.1, -0.05) is 0 Å². The fraction of sp³-hybridized carbons (Fsp3) is 0.667. The zero-order valence-corrected chi connectivity index (χ0v) is 14.8. The van der Waals surface area contributed by atoms with Gasteiger partial charge in [-0.2, -0.15) is 0 Å². The molecule has 2 heterocycles.